The van der Waals surface area contributed by atoms with Crippen molar-refractivity contribution in [1.82, 2.24) is 15.0 Å². The lowest BCUT2D eigenvalue weighted by atomic mass is 10.2. The van der Waals surface area contributed by atoms with Gasteiger partial charge >= 0.3 is 6.03 Å². The van der Waals surface area contributed by atoms with Crippen LogP contribution in [0, 0.1) is 0 Å². The third-order valence-electron chi connectivity index (χ3n) is 4.07. The number of hydrogen-bond acceptors (Lipinski definition) is 6. The molecule has 1 aliphatic rings. The summed E-state index contributed by atoms with van der Waals surface area (Å²) in [5.41, 5.74) is 0.569. The number of anilines is 2. The lowest BCUT2D eigenvalue weighted by molar-refractivity contribution is -0.143. The Morgan fingerprint density at radius 2 is 1.46 bits per heavy atom. The Hall–Kier alpha value is -3.82. The molecule has 3 rings (SSSR count). The second-order valence-corrected chi connectivity index (χ2v) is 6.13. The van der Waals surface area contributed by atoms with Gasteiger partial charge in [0, 0.05) is 33.1 Å². The van der Waals surface area contributed by atoms with Gasteiger partial charge in [-0.25, -0.2) is 14.8 Å². The minimum Gasteiger partial charge on any atom is -0.273 e. The van der Waals surface area contributed by atoms with E-state index in [4.69, 9.17) is 0 Å². The summed E-state index contributed by atoms with van der Waals surface area (Å²) in [4.78, 5) is 66.1. The van der Waals surface area contributed by atoms with E-state index in [2.05, 4.69) is 4.98 Å². The van der Waals surface area contributed by atoms with Crippen LogP contribution in [-0.2, 0) is 19.2 Å². The number of benzene rings is 1. The average molecular weight is 383 g/mol. The van der Waals surface area contributed by atoms with Gasteiger partial charge in [0.15, 0.2) is 5.82 Å². The number of para-hydroxylation sites is 1. The third-order valence-corrected chi connectivity index (χ3v) is 4.07. The molecule has 1 aromatic carbocycles. The molecule has 1 aromatic heterocycles. The smallest absolute Gasteiger partial charge is 0.273 e. The minimum absolute atomic E-state index is 0.0912. The standard InChI is InChI=1S/C18H17N5O5/c1-10(24)20(11(2)25)23-17-16(9-14-7-5-6-8-15(14)19-17)21(12(3)26)22(13(4)27)18(23)28/h5-9H,1-4H3. The van der Waals surface area contributed by atoms with Crippen molar-refractivity contribution in [3.63, 3.8) is 0 Å². The maximum atomic E-state index is 13.1. The second-order valence-electron chi connectivity index (χ2n) is 6.13. The molecule has 10 nitrogen and oxygen atoms in total. The van der Waals surface area contributed by atoms with Crippen LogP contribution >= 0.6 is 0 Å². The zero-order chi connectivity index (χ0) is 20.7. The number of carbonyl (C=O) groups is 5. The van der Waals surface area contributed by atoms with Gasteiger partial charge < -0.3 is 0 Å². The molecule has 144 valence electrons. The van der Waals surface area contributed by atoms with Gasteiger partial charge in [-0.15, -0.1) is 0 Å². The third kappa shape index (κ3) is 2.84. The van der Waals surface area contributed by atoms with E-state index in [0.717, 1.165) is 25.8 Å². The Balaban J connectivity index is 2.40. The Labute approximate surface area is 159 Å². The maximum absolute atomic E-state index is 13.1. The number of urea groups is 1. The van der Waals surface area contributed by atoms with Gasteiger partial charge in [-0.3, -0.25) is 19.2 Å². The van der Waals surface area contributed by atoms with E-state index in [1.165, 1.54) is 6.92 Å². The number of pyridine rings is 1. The van der Waals surface area contributed by atoms with Crippen molar-refractivity contribution in [3.05, 3.63) is 30.3 Å². The highest BCUT2D eigenvalue weighted by molar-refractivity contribution is 6.16. The fraction of sp³-hybridized carbons (Fsp3) is 0.222. The molecule has 2 aromatic rings. The van der Waals surface area contributed by atoms with Crippen LogP contribution in [0.5, 0.6) is 0 Å². The van der Waals surface area contributed by atoms with Gasteiger partial charge in [-0.2, -0.15) is 15.0 Å². The number of fused-ring (bicyclic) bond motifs is 2. The molecule has 28 heavy (non-hydrogen) atoms. The quantitative estimate of drug-likeness (QED) is 0.739. The van der Waals surface area contributed by atoms with Gasteiger partial charge in [0.1, 0.15) is 5.69 Å². The topological polar surface area (TPSA) is 111 Å². The molecule has 0 aliphatic carbocycles. The van der Waals surface area contributed by atoms with E-state index in [1.807, 2.05) is 0 Å². The summed E-state index contributed by atoms with van der Waals surface area (Å²) in [6.07, 6.45) is 0. The van der Waals surface area contributed by atoms with Crippen molar-refractivity contribution in [3.8, 4) is 0 Å². The lowest BCUT2D eigenvalue weighted by Gasteiger charge is -2.43. The second kappa shape index (κ2) is 6.72. The molecule has 0 radical (unpaired) electrons. The van der Waals surface area contributed by atoms with Crippen LogP contribution in [-0.4, -0.2) is 44.7 Å². The van der Waals surface area contributed by atoms with Crippen LogP contribution in [0.2, 0.25) is 0 Å². The summed E-state index contributed by atoms with van der Waals surface area (Å²) in [6.45, 7) is 4.48. The molecule has 0 unspecified atom stereocenters. The van der Waals surface area contributed by atoms with Crippen molar-refractivity contribution in [2.45, 2.75) is 27.7 Å². The van der Waals surface area contributed by atoms with Crippen LogP contribution < -0.4 is 10.0 Å². The molecule has 1 aliphatic heterocycles. The Bertz CT molecular complexity index is 1040. The summed E-state index contributed by atoms with van der Waals surface area (Å²) in [7, 11) is 0. The summed E-state index contributed by atoms with van der Waals surface area (Å²) < 4.78 is 0. The first-order chi connectivity index (χ1) is 13.1. The number of aromatic nitrogens is 1. The van der Waals surface area contributed by atoms with Gasteiger partial charge in [-0.05, 0) is 12.1 Å². The normalized spacial score (nSPS) is 13.4. The van der Waals surface area contributed by atoms with Crippen LogP contribution in [0.15, 0.2) is 30.3 Å². The molecular formula is C18H17N5O5. The van der Waals surface area contributed by atoms with Crippen LogP contribution in [0.3, 0.4) is 0 Å². The molecule has 2 heterocycles. The molecule has 0 fully saturated rings. The number of nitrogens with zero attached hydrogens (tertiary/aromatic N) is 5. The van der Waals surface area contributed by atoms with Crippen LogP contribution in [0.1, 0.15) is 27.7 Å². The van der Waals surface area contributed by atoms with Gasteiger partial charge in [0.2, 0.25) is 23.6 Å². The van der Waals surface area contributed by atoms with Gasteiger partial charge in [-0.1, -0.05) is 18.2 Å². The van der Waals surface area contributed by atoms with E-state index >= 15 is 0 Å². The zero-order valence-corrected chi connectivity index (χ0v) is 15.7. The first-order valence-electron chi connectivity index (χ1n) is 8.31. The maximum Gasteiger partial charge on any atom is 0.372 e. The van der Waals surface area contributed by atoms with Crippen molar-refractivity contribution >= 4 is 52.1 Å². The number of hydrogen-bond donors (Lipinski definition) is 0. The van der Waals surface area contributed by atoms with Crippen molar-refractivity contribution in [2.24, 2.45) is 0 Å². The number of imide groups is 2. The molecule has 0 N–H and O–H groups in total. The fourth-order valence-corrected chi connectivity index (χ4v) is 3.05. The highest BCUT2D eigenvalue weighted by Crippen LogP contribution is 2.38. The largest absolute Gasteiger partial charge is 0.372 e. The monoisotopic (exact) mass is 383 g/mol. The molecule has 0 saturated carbocycles. The summed E-state index contributed by atoms with van der Waals surface area (Å²) >= 11 is 0. The van der Waals surface area contributed by atoms with Crippen LogP contribution in [0.4, 0.5) is 16.3 Å². The molecule has 0 bridgehead atoms. The predicted molar refractivity (Wildman–Crippen MR) is 98.5 cm³/mol. The van der Waals surface area contributed by atoms with Crippen molar-refractivity contribution < 1.29 is 24.0 Å². The number of hydrazine groups is 2. The first kappa shape index (κ1) is 19.0. The number of carbonyl (C=O) groups excluding carboxylic acids is 5. The van der Waals surface area contributed by atoms with E-state index in [1.54, 1.807) is 30.3 Å². The molecule has 10 heteroatoms. The highest BCUT2D eigenvalue weighted by atomic mass is 16.2. The average Bonchev–Trinajstić information content (AvgIpc) is 2.60. The molecular weight excluding hydrogens is 366 g/mol. The SMILES string of the molecule is CC(=O)N1C(=O)N(N(C(C)=O)C(C)=O)c2nc3ccccc3cc2N1C(C)=O. The van der Waals surface area contributed by atoms with E-state index in [-0.39, 0.29) is 11.5 Å². The van der Waals surface area contributed by atoms with E-state index in [0.29, 0.717) is 25.9 Å². The molecule has 0 spiro atoms. The van der Waals surface area contributed by atoms with Gasteiger partial charge in [0.05, 0.1) is 5.52 Å². The number of rotatable bonds is 1. The molecule has 0 saturated heterocycles. The number of amides is 6. The summed E-state index contributed by atoms with van der Waals surface area (Å²) in [6, 6.07) is 7.42. The highest BCUT2D eigenvalue weighted by Gasteiger charge is 2.46. The lowest BCUT2D eigenvalue weighted by Crippen LogP contribution is -2.65. The molecule has 0 atom stereocenters. The van der Waals surface area contributed by atoms with Crippen molar-refractivity contribution in [1.29, 1.82) is 0 Å². The predicted octanol–water partition coefficient (Wildman–Crippen LogP) is 1.60. The van der Waals surface area contributed by atoms with E-state index < -0.39 is 29.7 Å². The van der Waals surface area contributed by atoms with E-state index in [9.17, 15) is 24.0 Å². The van der Waals surface area contributed by atoms with Crippen molar-refractivity contribution in [2.75, 3.05) is 10.0 Å². The minimum atomic E-state index is -1.07. The zero-order valence-electron chi connectivity index (χ0n) is 15.7. The molecule has 6 amide bonds. The van der Waals surface area contributed by atoms with Gasteiger partial charge in [0.25, 0.3) is 0 Å². The summed E-state index contributed by atoms with van der Waals surface area (Å²) in [5, 5.41) is 3.39. The fourth-order valence-electron chi connectivity index (χ4n) is 3.05. The Kier molecular flexibility index (Phi) is 4.55. The van der Waals surface area contributed by atoms with Crippen LogP contribution in [0.25, 0.3) is 10.9 Å². The Morgan fingerprint density at radius 1 is 0.893 bits per heavy atom. The first-order valence-corrected chi connectivity index (χ1v) is 8.31. The Morgan fingerprint density at radius 3 is 2.00 bits per heavy atom. The summed E-state index contributed by atoms with van der Waals surface area (Å²) in [5.74, 6) is -2.99.